The lowest BCUT2D eigenvalue weighted by molar-refractivity contribution is 0.311. The number of benzene rings is 1. The van der Waals surface area contributed by atoms with Crippen molar-refractivity contribution >= 4 is 10.0 Å². The topological polar surface area (TPSA) is 76.3 Å². The number of aryl methyl sites for hydroxylation is 3. The molecule has 0 unspecified atom stereocenters. The first-order valence-corrected chi connectivity index (χ1v) is 11.8. The monoisotopic (exact) mass is 443 g/mol. The number of hydrogen-bond acceptors (Lipinski definition) is 5. The Balaban J connectivity index is 1.60. The van der Waals surface area contributed by atoms with Gasteiger partial charge in [0.25, 0.3) is 0 Å². The zero-order valence-corrected chi connectivity index (χ0v) is 18.7. The largest absolute Gasteiger partial charge is 0.360 e. The van der Waals surface area contributed by atoms with Gasteiger partial charge < -0.3 is 4.52 Å². The maximum atomic E-state index is 14.1. The van der Waals surface area contributed by atoms with Crippen LogP contribution in [0.2, 0.25) is 0 Å². The van der Waals surface area contributed by atoms with E-state index in [9.17, 15) is 12.8 Å². The van der Waals surface area contributed by atoms with Crippen LogP contribution < -0.4 is 0 Å². The summed E-state index contributed by atoms with van der Waals surface area (Å²) in [5, 5.41) is 3.80. The van der Waals surface area contributed by atoms with Gasteiger partial charge in [-0.2, -0.15) is 4.31 Å². The molecule has 0 saturated carbocycles. The van der Waals surface area contributed by atoms with Gasteiger partial charge in [-0.05, 0) is 62.9 Å². The van der Waals surface area contributed by atoms with Crippen LogP contribution in [-0.2, 0) is 16.4 Å². The van der Waals surface area contributed by atoms with E-state index in [1.807, 2.05) is 25.1 Å². The first-order valence-electron chi connectivity index (χ1n) is 10.4. The van der Waals surface area contributed by atoms with Crippen LogP contribution in [0.3, 0.4) is 0 Å². The normalized spacial score (nSPS) is 17.7. The summed E-state index contributed by atoms with van der Waals surface area (Å²) in [4.78, 5) is 4.85. The molecule has 6 nitrogen and oxygen atoms in total. The van der Waals surface area contributed by atoms with Crippen LogP contribution in [0.5, 0.6) is 0 Å². The fourth-order valence-corrected chi connectivity index (χ4v) is 6.13. The van der Waals surface area contributed by atoms with Crippen molar-refractivity contribution in [2.24, 2.45) is 0 Å². The number of aromatic nitrogens is 2. The molecule has 0 spiro atoms. The Morgan fingerprint density at radius 2 is 1.97 bits per heavy atom. The van der Waals surface area contributed by atoms with Crippen LogP contribution >= 0.6 is 0 Å². The minimum Gasteiger partial charge on any atom is -0.360 e. The standard InChI is InChI=1S/C23H26FN3O3S/c1-15-11-18(12-19-7-4-5-9-21(19)24)13-22(25-15)20-8-6-10-27(14-20)31(28,29)23-16(2)26-30-17(23)3/h4-5,7,9,11,13,20H,6,8,10,12,14H2,1-3H3/t20-/m0/s1. The van der Waals surface area contributed by atoms with E-state index in [4.69, 9.17) is 4.52 Å². The minimum absolute atomic E-state index is 0.0248. The molecule has 8 heteroatoms. The molecule has 4 rings (SSSR count). The number of piperidine rings is 1. The Kier molecular flexibility index (Phi) is 5.94. The molecule has 1 aliphatic rings. The average Bonchev–Trinajstić information content (AvgIpc) is 3.08. The van der Waals surface area contributed by atoms with E-state index in [1.54, 1.807) is 26.0 Å². The van der Waals surface area contributed by atoms with Crippen molar-refractivity contribution in [3.05, 3.63) is 76.2 Å². The lowest BCUT2D eigenvalue weighted by atomic mass is 9.93. The highest BCUT2D eigenvalue weighted by Crippen LogP contribution is 2.32. The van der Waals surface area contributed by atoms with E-state index in [0.717, 1.165) is 29.8 Å². The van der Waals surface area contributed by atoms with Crippen LogP contribution in [0.4, 0.5) is 4.39 Å². The highest BCUT2D eigenvalue weighted by molar-refractivity contribution is 7.89. The maximum Gasteiger partial charge on any atom is 0.248 e. The Labute approximate surface area is 182 Å². The molecule has 1 aliphatic heterocycles. The van der Waals surface area contributed by atoms with Crippen molar-refractivity contribution in [2.75, 3.05) is 13.1 Å². The van der Waals surface area contributed by atoms with Crippen molar-refractivity contribution in [1.29, 1.82) is 0 Å². The van der Waals surface area contributed by atoms with Crippen LogP contribution in [0, 0.1) is 26.6 Å². The third kappa shape index (κ3) is 4.41. The van der Waals surface area contributed by atoms with Crippen molar-refractivity contribution in [3.8, 4) is 0 Å². The number of pyridine rings is 1. The maximum absolute atomic E-state index is 14.1. The second-order valence-electron chi connectivity index (χ2n) is 8.17. The summed E-state index contributed by atoms with van der Waals surface area (Å²) in [6.45, 7) is 5.97. The van der Waals surface area contributed by atoms with E-state index >= 15 is 0 Å². The second-order valence-corrected chi connectivity index (χ2v) is 10.0. The molecular formula is C23H26FN3O3S. The number of sulfonamides is 1. The van der Waals surface area contributed by atoms with Gasteiger partial charge in [0.05, 0.1) is 0 Å². The number of halogens is 1. The Morgan fingerprint density at radius 3 is 2.68 bits per heavy atom. The van der Waals surface area contributed by atoms with Crippen molar-refractivity contribution in [3.63, 3.8) is 0 Å². The Hall–Kier alpha value is -2.58. The molecule has 0 bridgehead atoms. The molecule has 0 N–H and O–H groups in total. The number of hydrogen-bond donors (Lipinski definition) is 0. The Morgan fingerprint density at radius 1 is 1.19 bits per heavy atom. The molecule has 0 amide bonds. The fourth-order valence-electron chi connectivity index (χ4n) is 4.32. The molecule has 2 aromatic heterocycles. The summed E-state index contributed by atoms with van der Waals surface area (Å²) >= 11 is 0. The first kappa shape index (κ1) is 21.6. The number of rotatable bonds is 5. The highest BCUT2D eigenvalue weighted by atomic mass is 32.2. The minimum atomic E-state index is -3.70. The SMILES string of the molecule is Cc1cc(Cc2ccccc2F)cc([C@H]2CCCN(S(=O)(=O)c3c(C)noc3C)C2)n1. The highest BCUT2D eigenvalue weighted by Gasteiger charge is 2.35. The molecule has 31 heavy (non-hydrogen) atoms. The summed E-state index contributed by atoms with van der Waals surface area (Å²) in [6, 6.07) is 10.7. The lowest BCUT2D eigenvalue weighted by Crippen LogP contribution is -2.39. The summed E-state index contributed by atoms with van der Waals surface area (Å²) in [6.07, 6.45) is 2.06. The van der Waals surface area contributed by atoms with E-state index in [-0.39, 0.29) is 16.6 Å². The molecule has 1 atom stereocenters. The molecular weight excluding hydrogens is 417 g/mol. The molecule has 1 fully saturated rings. The zero-order chi connectivity index (χ0) is 22.2. The van der Waals surface area contributed by atoms with Crippen LogP contribution in [0.1, 0.15) is 52.7 Å². The molecule has 0 radical (unpaired) electrons. The summed E-state index contributed by atoms with van der Waals surface area (Å²) in [5.41, 5.74) is 3.67. The summed E-state index contributed by atoms with van der Waals surface area (Å²) in [7, 11) is -3.70. The van der Waals surface area contributed by atoms with Gasteiger partial charge in [-0.25, -0.2) is 12.8 Å². The van der Waals surface area contributed by atoms with E-state index < -0.39 is 10.0 Å². The van der Waals surface area contributed by atoms with E-state index in [2.05, 4.69) is 10.1 Å². The third-order valence-corrected chi connectivity index (χ3v) is 7.86. The molecule has 3 heterocycles. The van der Waals surface area contributed by atoms with E-state index in [0.29, 0.717) is 36.5 Å². The zero-order valence-electron chi connectivity index (χ0n) is 17.9. The van der Waals surface area contributed by atoms with Crippen LogP contribution in [0.25, 0.3) is 0 Å². The smallest absolute Gasteiger partial charge is 0.248 e. The number of nitrogens with zero attached hydrogens (tertiary/aromatic N) is 3. The van der Waals surface area contributed by atoms with Gasteiger partial charge in [0, 0.05) is 36.8 Å². The molecule has 1 saturated heterocycles. The molecule has 164 valence electrons. The quantitative estimate of drug-likeness (QED) is 0.588. The fraction of sp³-hybridized carbons (Fsp3) is 0.391. The van der Waals surface area contributed by atoms with E-state index in [1.165, 1.54) is 10.4 Å². The average molecular weight is 444 g/mol. The van der Waals surface area contributed by atoms with Gasteiger partial charge in [-0.3, -0.25) is 4.98 Å². The molecule has 0 aliphatic carbocycles. The summed E-state index contributed by atoms with van der Waals surface area (Å²) in [5.74, 6) is 0.0525. The van der Waals surface area contributed by atoms with Gasteiger partial charge >= 0.3 is 0 Å². The second kappa shape index (κ2) is 8.51. The molecule has 3 aromatic rings. The lowest BCUT2D eigenvalue weighted by Gasteiger charge is -2.31. The predicted molar refractivity (Wildman–Crippen MR) is 115 cm³/mol. The van der Waals surface area contributed by atoms with Gasteiger partial charge in [0.2, 0.25) is 10.0 Å². The summed E-state index contributed by atoms with van der Waals surface area (Å²) < 4.78 is 47.2. The van der Waals surface area contributed by atoms with Gasteiger partial charge in [-0.15, -0.1) is 0 Å². The Bertz CT molecular complexity index is 1190. The van der Waals surface area contributed by atoms with Crippen molar-refractivity contribution in [2.45, 2.75) is 50.8 Å². The predicted octanol–water partition coefficient (Wildman–Crippen LogP) is 4.29. The molecule has 1 aromatic carbocycles. The first-order chi connectivity index (χ1) is 14.8. The van der Waals surface area contributed by atoms with Crippen molar-refractivity contribution in [1.82, 2.24) is 14.4 Å². The van der Waals surface area contributed by atoms with Crippen molar-refractivity contribution < 1.29 is 17.3 Å². The van der Waals surface area contributed by atoms with Crippen LogP contribution in [0.15, 0.2) is 45.8 Å². The van der Waals surface area contributed by atoms with Gasteiger partial charge in [0.15, 0.2) is 5.76 Å². The van der Waals surface area contributed by atoms with Crippen LogP contribution in [-0.4, -0.2) is 36.0 Å². The van der Waals surface area contributed by atoms with Gasteiger partial charge in [0.1, 0.15) is 16.4 Å². The third-order valence-electron chi connectivity index (χ3n) is 5.75. The van der Waals surface area contributed by atoms with Gasteiger partial charge in [-0.1, -0.05) is 23.4 Å².